The van der Waals surface area contributed by atoms with Crippen LogP contribution in [0.25, 0.3) is 0 Å². The fourth-order valence-corrected chi connectivity index (χ4v) is 11.3. The van der Waals surface area contributed by atoms with Crippen LogP contribution in [0.1, 0.15) is 91.9 Å². The summed E-state index contributed by atoms with van der Waals surface area (Å²) in [5.74, 6) is 2.20. The number of amides is 1. The number of aliphatic hydroxyl groups excluding tert-OH is 2. The molecule has 4 aliphatic carbocycles. The number of carbonyl (C=O) groups excluding carboxylic acids is 1. The molecule has 5 rings (SSSR count). The van der Waals surface area contributed by atoms with Crippen molar-refractivity contribution in [3.05, 3.63) is 24.5 Å². The summed E-state index contributed by atoms with van der Waals surface area (Å²) in [6.45, 7) is 9.33. The molecule has 39 heavy (non-hydrogen) atoms. The molecule has 0 radical (unpaired) electrons. The number of carbonyl (C=O) groups is 1. The third-order valence-electron chi connectivity index (χ3n) is 12.2. The lowest BCUT2D eigenvalue weighted by atomic mass is 9.41. The Bertz CT molecular complexity index is 1140. The van der Waals surface area contributed by atoms with Crippen molar-refractivity contribution in [2.24, 2.45) is 52.3 Å². The zero-order valence-corrected chi connectivity index (χ0v) is 24.9. The molecule has 4 saturated carbocycles. The Balaban J connectivity index is 1.27. The predicted octanol–water partition coefficient (Wildman–Crippen LogP) is 4.93. The fraction of sp³-hybridized carbons (Fsp3) is 0.806. The van der Waals surface area contributed by atoms with Crippen LogP contribution in [-0.4, -0.2) is 41.7 Å². The molecule has 3 N–H and O–H groups in total. The molecule has 0 spiro atoms. The van der Waals surface area contributed by atoms with Crippen molar-refractivity contribution in [3.63, 3.8) is 0 Å². The Kier molecular flexibility index (Phi) is 7.97. The van der Waals surface area contributed by atoms with E-state index in [1.54, 1.807) is 0 Å². The van der Waals surface area contributed by atoms with Gasteiger partial charge in [0.15, 0.2) is 0 Å². The largest absolute Gasteiger partial charge is 0.393 e. The van der Waals surface area contributed by atoms with Gasteiger partial charge in [-0.1, -0.05) is 34.1 Å². The maximum absolute atomic E-state index is 12.6. The van der Waals surface area contributed by atoms with Crippen LogP contribution in [-0.2, 0) is 14.8 Å². The number of aliphatic hydroxyl groups is 2. The van der Waals surface area contributed by atoms with Crippen molar-refractivity contribution in [1.29, 1.82) is 0 Å². The van der Waals surface area contributed by atoms with Gasteiger partial charge in [0.05, 0.1) is 17.1 Å². The van der Waals surface area contributed by atoms with Gasteiger partial charge in [0.2, 0.25) is 5.91 Å². The number of rotatable bonds is 7. The van der Waals surface area contributed by atoms with Crippen LogP contribution >= 0.6 is 0 Å². The smallest absolute Gasteiger partial charge is 0.264 e. The first-order chi connectivity index (χ1) is 18.4. The molecule has 4 unspecified atom stereocenters. The van der Waals surface area contributed by atoms with E-state index in [9.17, 15) is 23.4 Å². The van der Waals surface area contributed by atoms with Crippen LogP contribution in [0.15, 0.2) is 29.4 Å². The molecule has 218 valence electrons. The molecule has 0 aromatic carbocycles. The van der Waals surface area contributed by atoms with E-state index in [0.717, 1.165) is 51.4 Å². The monoisotopic (exact) mass is 560 g/mol. The lowest BCUT2D eigenvalue weighted by molar-refractivity contribution is -0.203. The van der Waals surface area contributed by atoms with E-state index in [2.05, 4.69) is 37.4 Å². The van der Waals surface area contributed by atoms with E-state index in [0.29, 0.717) is 41.9 Å². The first kappa shape index (κ1) is 29.0. The van der Waals surface area contributed by atoms with E-state index >= 15 is 0 Å². The number of fused-ring (bicyclic) bond motifs is 5. The van der Waals surface area contributed by atoms with Gasteiger partial charge in [0.1, 0.15) is 0 Å². The Morgan fingerprint density at radius 2 is 1.72 bits per heavy atom. The third-order valence-corrected chi connectivity index (χ3v) is 13.6. The summed E-state index contributed by atoms with van der Waals surface area (Å²) in [6, 6.07) is 2.77. The number of hydrogen-bond acceptors (Lipinski definition) is 6. The van der Waals surface area contributed by atoms with Crippen LogP contribution < -0.4 is 4.72 Å². The molecule has 4 fully saturated rings. The molecule has 1 aromatic rings. The Labute approximate surface area is 234 Å². The van der Waals surface area contributed by atoms with Crippen molar-refractivity contribution in [2.45, 2.75) is 109 Å². The summed E-state index contributed by atoms with van der Waals surface area (Å²) in [5, 5.41) is 22.4. The lowest BCUT2D eigenvalue weighted by Crippen LogP contribution is -2.62. The molecule has 7 nitrogen and oxygen atoms in total. The van der Waals surface area contributed by atoms with Crippen molar-refractivity contribution in [2.75, 3.05) is 0 Å². The average Bonchev–Trinajstić information content (AvgIpc) is 3.26. The van der Waals surface area contributed by atoms with Gasteiger partial charge in [-0.3, -0.25) is 9.78 Å². The minimum atomic E-state index is -3.89. The number of nitrogens with one attached hydrogen (secondary N) is 1. The molecule has 1 aromatic heterocycles. The average molecular weight is 561 g/mol. The van der Waals surface area contributed by atoms with E-state index in [4.69, 9.17) is 0 Å². The number of aromatic nitrogens is 1. The Morgan fingerprint density at radius 1 is 1.05 bits per heavy atom. The quantitative estimate of drug-likeness (QED) is 0.435. The first-order valence-corrected chi connectivity index (χ1v) is 16.7. The van der Waals surface area contributed by atoms with E-state index in [-0.39, 0.29) is 40.3 Å². The number of pyridine rings is 1. The van der Waals surface area contributed by atoms with Gasteiger partial charge in [0, 0.05) is 18.8 Å². The molecule has 1 heterocycles. The maximum atomic E-state index is 12.6. The second kappa shape index (κ2) is 10.7. The Hall–Kier alpha value is -1.51. The topological polar surface area (TPSA) is 117 Å². The summed E-state index contributed by atoms with van der Waals surface area (Å²) in [5.41, 5.74) is 0.310. The highest BCUT2D eigenvalue weighted by Gasteiger charge is 2.64. The number of sulfonamides is 1. The first-order valence-electron chi connectivity index (χ1n) is 15.2. The van der Waals surface area contributed by atoms with Gasteiger partial charge in [0.25, 0.3) is 10.0 Å². The van der Waals surface area contributed by atoms with Crippen molar-refractivity contribution >= 4 is 15.9 Å². The fourth-order valence-electron chi connectivity index (χ4n) is 10.3. The molecule has 4 aliphatic rings. The summed E-state index contributed by atoms with van der Waals surface area (Å²) in [7, 11) is -3.89. The van der Waals surface area contributed by atoms with E-state index in [1.807, 2.05) is 0 Å². The van der Waals surface area contributed by atoms with Crippen LogP contribution in [0, 0.1) is 52.3 Å². The van der Waals surface area contributed by atoms with Crippen molar-refractivity contribution < 1.29 is 23.4 Å². The predicted molar refractivity (Wildman–Crippen MR) is 150 cm³/mol. The maximum Gasteiger partial charge on any atom is 0.264 e. The van der Waals surface area contributed by atoms with Gasteiger partial charge in [-0.25, -0.2) is 13.1 Å². The zero-order valence-electron chi connectivity index (χ0n) is 24.1. The third kappa shape index (κ3) is 4.97. The highest BCUT2D eigenvalue weighted by Crippen LogP contribution is 2.69. The van der Waals surface area contributed by atoms with Crippen LogP contribution in [0.5, 0.6) is 0 Å². The van der Waals surface area contributed by atoms with Crippen molar-refractivity contribution in [1.82, 2.24) is 9.71 Å². The van der Waals surface area contributed by atoms with Gasteiger partial charge in [-0.15, -0.1) is 0 Å². The van der Waals surface area contributed by atoms with Gasteiger partial charge >= 0.3 is 0 Å². The number of nitrogens with zero attached hydrogens (tertiary/aromatic N) is 1. The molecule has 8 heteroatoms. The highest BCUT2D eigenvalue weighted by atomic mass is 32.2. The molecule has 1 amide bonds. The second-order valence-electron chi connectivity index (χ2n) is 13.8. The second-order valence-corrected chi connectivity index (χ2v) is 15.5. The zero-order chi connectivity index (χ0) is 28.2. The molecular formula is C31H48N2O5S. The normalized spacial score (nSPS) is 42.6. The molecule has 0 bridgehead atoms. The van der Waals surface area contributed by atoms with E-state index in [1.165, 1.54) is 24.5 Å². The van der Waals surface area contributed by atoms with Gasteiger partial charge in [-0.2, -0.15) is 0 Å². The number of hydrogen-bond donors (Lipinski definition) is 3. The van der Waals surface area contributed by atoms with Crippen molar-refractivity contribution in [3.8, 4) is 0 Å². The minimum absolute atomic E-state index is 0.0432. The highest BCUT2D eigenvalue weighted by molar-refractivity contribution is 7.90. The summed E-state index contributed by atoms with van der Waals surface area (Å²) < 4.78 is 27.3. The summed E-state index contributed by atoms with van der Waals surface area (Å²) in [4.78, 5) is 16.5. The van der Waals surface area contributed by atoms with Crippen LogP contribution in [0.4, 0.5) is 0 Å². The summed E-state index contributed by atoms with van der Waals surface area (Å²) >= 11 is 0. The molecule has 11 atom stereocenters. The molecule has 0 saturated heterocycles. The standard InChI is InChI=1S/C31H48N2O5S/c1-5-22-26-18-20(34)10-14-31(26,4)25-11-15-30(3)23(7-8-24(30)28(25)29(22)36)19(2)6-9-27(35)33-39(37,38)21-12-16-32-17-13-21/h12-13,16-17,19-20,22-26,28-29,34,36H,5-11,14-15,18H2,1-4H3,(H,33,35)/t19-,20-,22-,23?,24+,25+,26?,28+,29-,30?,31?/m1/s1. The molecular weight excluding hydrogens is 512 g/mol. The van der Waals surface area contributed by atoms with Crippen LogP contribution in [0.2, 0.25) is 0 Å². The van der Waals surface area contributed by atoms with Crippen LogP contribution in [0.3, 0.4) is 0 Å². The minimum Gasteiger partial charge on any atom is -0.393 e. The summed E-state index contributed by atoms with van der Waals surface area (Å²) in [6.07, 6.45) is 11.3. The van der Waals surface area contributed by atoms with Gasteiger partial charge in [-0.05, 0) is 116 Å². The molecule has 0 aliphatic heterocycles. The van der Waals surface area contributed by atoms with E-state index < -0.39 is 15.9 Å². The SMILES string of the molecule is CC[C@@H]1C2C[C@H](O)CCC2(C)[C@H]2CCC3(C)C([C@H](C)CCC(=O)NS(=O)(=O)c4ccncc4)CC[C@H]3[C@@H]2[C@@H]1O. The lowest BCUT2D eigenvalue weighted by Gasteiger charge is -2.64. The Morgan fingerprint density at radius 3 is 2.41 bits per heavy atom. The van der Waals surface area contributed by atoms with Gasteiger partial charge < -0.3 is 10.2 Å².